The molecule has 0 aliphatic heterocycles. The third-order valence-electron chi connectivity index (χ3n) is 2.83. The van der Waals surface area contributed by atoms with E-state index in [1.165, 1.54) is 0 Å². The number of carbonyl (C=O) groups excluding carboxylic acids is 1. The summed E-state index contributed by atoms with van der Waals surface area (Å²) in [5.74, 6) is 0.350. The molecular formula is C14H19Cl3N2O2. The fourth-order valence-electron chi connectivity index (χ4n) is 1.63. The normalized spacial score (nSPS) is 12.8. The molecule has 0 fully saturated rings. The third kappa shape index (κ3) is 6.30. The second-order valence-corrected chi connectivity index (χ2v) is 6.85. The van der Waals surface area contributed by atoms with E-state index in [0.29, 0.717) is 17.9 Å². The van der Waals surface area contributed by atoms with E-state index < -0.39 is 9.96 Å². The Kier molecular flexibility index (Phi) is 7.60. The average Bonchev–Trinajstić information content (AvgIpc) is 2.45. The summed E-state index contributed by atoms with van der Waals surface area (Å²) in [6, 6.07) is 6.69. The van der Waals surface area contributed by atoms with Crippen molar-refractivity contribution >= 4 is 40.7 Å². The molecule has 7 heteroatoms. The molecule has 0 bridgehead atoms. The third-order valence-corrected chi connectivity index (χ3v) is 3.49. The minimum Gasteiger partial charge on any atom is -0.497 e. The molecule has 0 aliphatic carbocycles. The van der Waals surface area contributed by atoms with Gasteiger partial charge >= 0.3 is 0 Å². The molecule has 2 N–H and O–H groups in total. The Morgan fingerprint density at radius 1 is 1.29 bits per heavy atom. The van der Waals surface area contributed by atoms with Gasteiger partial charge in [-0.2, -0.15) is 0 Å². The maximum atomic E-state index is 12.2. The van der Waals surface area contributed by atoms with Gasteiger partial charge in [-0.3, -0.25) is 10.1 Å². The van der Waals surface area contributed by atoms with Crippen LogP contribution in [0.15, 0.2) is 24.3 Å². The SMILES string of the molecule is CCCCN[C@@H](NC(=O)c1ccc(OC)cc1)C(Cl)(Cl)Cl. The highest BCUT2D eigenvalue weighted by Gasteiger charge is 2.33. The Labute approximate surface area is 140 Å². The van der Waals surface area contributed by atoms with Gasteiger partial charge in [0.25, 0.3) is 5.91 Å². The molecule has 1 aromatic carbocycles. The molecule has 0 aromatic heterocycles. The predicted octanol–water partition coefficient (Wildman–Crippen LogP) is 3.51. The van der Waals surface area contributed by atoms with E-state index in [1.54, 1.807) is 31.4 Å². The maximum Gasteiger partial charge on any atom is 0.252 e. The number of methoxy groups -OCH3 is 1. The molecule has 1 rings (SSSR count). The van der Waals surface area contributed by atoms with E-state index in [2.05, 4.69) is 17.6 Å². The van der Waals surface area contributed by atoms with Crippen LogP contribution in [0.1, 0.15) is 30.1 Å². The van der Waals surface area contributed by atoms with Crippen molar-refractivity contribution in [1.29, 1.82) is 0 Å². The summed E-state index contributed by atoms with van der Waals surface area (Å²) in [5.41, 5.74) is 0.465. The van der Waals surface area contributed by atoms with Gasteiger partial charge in [0.15, 0.2) is 0 Å². The highest BCUT2D eigenvalue weighted by molar-refractivity contribution is 6.68. The summed E-state index contributed by atoms with van der Waals surface area (Å²) >= 11 is 17.7. The van der Waals surface area contributed by atoms with Gasteiger partial charge in [-0.05, 0) is 37.2 Å². The van der Waals surface area contributed by atoms with Crippen molar-refractivity contribution in [3.05, 3.63) is 29.8 Å². The molecular weight excluding hydrogens is 335 g/mol. The van der Waals surface area contributed by atoms with Gasteiger partial charge < -0.3 is 10.1 Å². The van der Waals surface area contributed by atoms with Crippen LogP contribution in [-0.2, 0) is 0 Å². The lowest BCUT2D eigenvalue weighted by Gasteiger charge is -2.26. The molecule has 0 unspecified atom stereocenters. The topological polar surface area (TPSA) is 50.4 Å². The van der Waals surface area contributed by atoms with Gasteiger partial charge in [0, 0.05) is 5.56 Å². The first-order valence-electron chi connectivity index (χ1n) is 6.63. The quantitative estimate of drug-likeness (QED) is 0.448. The minimum atomic E-state index is -1.63. The van der Waals surface area contributed by atoms with Crippen LogP contribution in [0.4, 0.5) is 0 Å². The van der Waals surface area contributed by atoms with Crippen LogP contribution >= 0.6 is 34.8 Å². The molecule has 1 amide bonds. The minimum absolute atomic E-state index is 0.321. The smallest absolute Gasteiger partial charge is 0.252 e. The molecule has 118 valence electrons. The number of rotatable bonds is 7. The van der Waals surface area contributed by atoms with Crippen LogP contribution in [0, 0.1) is 0 Å². The van der Waals surface area contributed by atoms with Crippen LogP contribution in [0.5, 0.6) is 5.75 Å². The number of benzene rings is 1. The number of halogens is 3. The summed E-state index contributed by atoms with van der Waals surface area (Å²) in [6.07, 6.45) is 1.17. The lowest BCUT2D eigenvalue weighted by Crippen LogP contribution is -2.53. The van der Waals surface area contributed by atoms with E-state index in [0.717, 1.165) is 12.8 Å². The number of hydrogen-bond donors (Lipinski definition) is 2. The Hall–Kier alpha value is -0.680. The predicted molar refractivity (Wildman–Crippen MR) is 87.4 cm³/mol. The number of nitrogens with one attached hydrogen (secondary N) is 2. The average molecular weight is 354 g/mol. The van der Waals surface area contributed by atoms with Crippen molar-refractivity contribution < 1.29 is 9.53 Å². The Morgan fingerprint density at radius 3 is 2.38 bits per heavy atom. The number of ether oxygens (including phenoxy) is 1. The van der Waals surface area contributed by atoms with E-state index in [9.17, 15) is 4.79 Å². The molecule has 0 aliphatic rings. The largest absolute Gasteiger partial charge is 0.497 e. The number of alkyl halides is 3. The highest BCUT2D eigenvalue weighted by atomic mass is 35.6. The lowest BCUT2D eigenvalue weighted by molar-refractivity contribution is 0.0929. The van der Waals surface area contributed by atoms with Crippen LogP contribution in [0.3, 0.4) is 0 Å². The van der Waals surface area contributed by atoms with Gasteiger partial charge in [-0.25, -0.2) is 0 Å². The highest BCUT2D eigenvalue weighted by Crippen LogP contribution is 2.29. The lowest BCUT2D eigenvalue weighted by atomic mass is 10.2. The van der Waals surface area contributed by atoms with E-state index >= 15 is 0 Å². The van der Waals surface area contributed by atoms with Crippen molar-refractivity contribution in [3.8, 4) is 5.75 Å². The number of amides is 1. The van der Waals surface area contributed by atoms with Gasteiger partial charge in [-0.1, -0.05) is 48.1 Å². The molecule has 0 spiro atoms. The van der Waals surface area contributed by atoms with Gasteiger partial charge in [0.05, 0.1) is 7.11 Å². The van der Waals surface area contributed by atoms with E-state index in [1.807, 2.05) is 0 Å². The van der Waals surface area contributed by atoms with Crippen molar-refractivity contribution in [2.24, 2.45) is 0 Å². The molecule has 0 radical (unpaired) electrons. The Morgan fingerprint density at radius 2 is 1.90 bits per heavy atom. The number of hydrogen-bond acceptors (Lipinski definition) is 3. The molecule has 4 nitrogen and oxygen atoms in total. The number of carbonyl (C=O) groups is 1. The summed E-state index contributed by atoms with van der Waals surface area (Å²) in [4.78, 5) is 12.2. The second kappa shape index (κ2) is 8.69. The van der Waals surface area contributed by atoms with Crippen molar-refractivity contribution in [1.82, 2.24) is 10.6 Å². The van der Waals surface area contributed by atoms with Crippen molar-refractivity contribution in [2.45, 2.75) is 29.7 Å². The zero-order valence-corrected chi connectivity index (χ0v) is 14.2. The van der Waals surface area contributed by atoms with Crippen LogP contribution < -0.4 is 15.4 Å². The molecule has 0 saturated carbocycles. The Balaban J connectivity index is 2.70. The van der Waals surface area contributed by atoms with Gasteiger partial charge in [-0.15, -0.1) is 0 Å². The summed E-state index contributed by atoms with van der Waals surface area (Å²) < 4.78 is 3.41. The number of unbranched alkanes of at least 4 members (excludes halogenated alkanes) is 1. The van der Waals surface area contributed by atoms with Crippen LogP contribution in [-0.4, -0.2) is 29.5 Å². The monoisotopic (exact) mass is 352 g/mol. The molecule has 1 atom stereocenters. The fraction of sp³-hybridized carbons (Fsp3) is 0.500. The molecule has 0 heterocycles. The van der Waals surface area contributed by atoms with Gasteiger partial charge in [0.1, 0.15) is 11.9 Å². The fourth-order valence-corrected chi connectivity index (χ4v) is 2.02. The summed E-state index contributed by atoms with van der Waals surface area (Å²) in [7, 11) is 1.56. The van der Waals surface area contributed by atoms with Crippen molar-refractivity contribution in [2.75, 3.05) is 13.7 Å². The molecule has 21 heavy (non-hydrogen) atoms. The molecule has 0 saturated heterocycles. The van der Waals surface area contributed by atoms with Crippen molar-refractivity contribution in [3.63, 3.8) is 0 Å². The zero-order chi connectivity index (χ0) is 15.9. The first-order valence-corrected chi connectivity index (χ1v) is 7.77. The first kappa shape index (κ1) is 18.4. The molecule has 1 aromatic rings. The van der Waals surface area contributed by atoms with E-state index in [-0.39, 0.29) is 5.91 Å². The summed E-state index contributed by atoms with van der Waals surface area (Å²) in [5, 5.41) is 5.71. The van der Waals surface area contributed by atoms with Crippen LogP contribution in [0.2, 0.25) is 0 Å². The van der Waals surface area contributed by atoms with Gasteiger partial charge in [0.2, 0.25) is 3.79 Å². The summed E-state index contributed by atoms with van der Waals surface area (Å²) in [6.45, 7) is 2.71. The first-order chi connectivity index (χ1) is 9.88. The maximum absolute atomic E-state index is 12.2. The van der Waals surface area contributed by atoms with Crippen LogP contribution in [0.25, 0.3) is 0 Å². The van der Waals surface area contributed by atoms with E-state index in [4.69, 9.17) is 39.5 Å². The standard InChI is InChI=1S/C14H19Cl3N2O2/c1-3-4-9-18-13(14(15,16)17)19-12(20)10-5-7-11(21-2)8-6-10/h5-8,13,18H,3-4,9H2,1-2H3,(H,19,20)/t13-/m0/s1. The Bertz CT molecular complexity index is 447. The zero-order valence-electron chi connectivity index (χ0n) is 12.0. The second-order valence-electron chi connectivity index (χ2n) is 4.48.